The fraction of sp³-hybridized carbons (Fsp3) is 0.182. The summed E-state index contributed by atoms with van der Waals surface area (Å²) >= 11 is 0. The summed E-state index contributed by atoms with van der Waals surface area (Å²) in [6.45, 7) is 2.79. The lowest BCUT2D eigenvalue weighted by atomic mass is 9.96. The van der Waals surface area contributed by atoms with E-state index in [9.17, 15) is 26.3 Å². The SMILES string of the molecule is Cc1ccc(-c2ccc(-c3ccc(C)c(C(F)(F)F)c3)cc2)cc1C(F)(F)F. The highest BCUT2D eigenvalue weighted by molar-refractivity contribution is 5.71. The van der Waals surface area contributed by atoms with Crippen LogP contribution in [0.4, 0.5) is 26.3 Å². The van der Waals surface area contributed by atoms with Crippen LogP contribution in [0.25, 0.3) is 22.3 Å². The van der Waals surface area contributed by atoms with Crippen LogP contribution in [0.3, 0.4) is 0 Å². The zero-order valence-electron chi connectivity index (χ0n) is 15.0. The van der Waals surface area contributed by atoms with Gasteiger partial charge in [-0.3, -0.25) is 0 Å². The summed E-state index contributed by atoms with van der Waals surface area (Å²) in [6, 6.07) is 14.6. The van der Waals surface area contributed by atoms with Crippen molar-refractivity contribution in [2.24, 2.45) is 0 Å². The van der Waals surface area contributed by atoms with Crippen molar-refractivity contribution in [3.63, 3.8) is 0 Å². The molecule has 0 bridgehead atoms. The number of alkyl halides is 6. The minimum atomic E-state index is -4.45. The molecule has 0 aliphatic rings. The Bertz CT molecular complexity index is 913. The largest absolute Gasteiger partial charge is 0.416 e. The zero-order valence-corrected chi connectivity index (χ0v) is 15.0. The molecule has 0 amide bonds. The van der Waals surface area contributed by atoms with Gasteiger partial charge in [0.1, 0.15) is 0 Å². The van der Waals surface area contributed by atoms with E-state index in [-0.39, 0.29) is 11.1 Å². The molecule has 3 aromatic carbocycles. The first kappa shape index (κ1) is 20.0. The van der Waals surface area contributed by atoms with Crippen LogP contribution in [0.15, 0.2) is 60.7 Å². The molecule has 0 atom stereocenters. The maximum absolute atomic E-state index is 13.1. The van der Waals surface area contributed by atoms with E-state index in [2.05, 4.69) is 0 Å². The van der Waals surface area contributed by atoms with Gasteiger partial charge in [-0.05, 0) is 59.4 Å². The lowest BCUT2D eigenvalue weighted by molar-refractivity contribution is -0.138. The number of hydrogen-bond acceptors (Lipinski definition) is 0. The zero-order chi connectivity index (χ0) is 20.7. The Balaban J connectivity index is 1.97. The molecule has 0 saturated heterocycles. The maximum atomic E-state index is 13.1. The van der Waals surface area contributed by atoms with E-state index in [0.717, 1.165) is 12.1 Å². The summed E-state index contributed by atoms with van der Waals surface area (Å²) in [5.74, 6) is 0. The van der Waals surface area contributed by atoms with Gasteiger partial charge in [0.2, 0.25) is 0 Å². The second-order valence-electron chi connectivity index (χ2n) is 6.63. The van der Waals surface area contributed by atoms with Crippen LogP contribution in [-0.4, -0.2) is 0 Å². The van der Waals surface area contributed by atoms with Crippen molar-refractivity contribution in [1.82, 2.24) is 0 Å². The second kappa shape index (κ2) is 7.00. The molecule has 146 valence electrons. The second-order valence-corrected chi connectivity index (χ2v) is 6.63. The third kappa shape index (κ3) is 4.06. The van der Waals surface area contributed by atoms with Crippen molar-refractivity contribution in [3.05, 3.63) is 82.9 Å². The van der Waals surface area contributed by atoms with E-state index in [1.807, 2.05) is 0 Å². The minimum absolute atomic E-state index is 0.132. The van der Waals surface area contributed by atoms with Crippen molar-refractivity contribution < 1.29 is 26.3 Å². The number of aryl methyl sites for hydroxylation is 2. The topological polar surface area (TPSA) is 0 Å². The van der Waals surface area contributed by atoms with Gasteiger partial charge < -0.3 is 0 Å². The molecule has 28 heavy (non-hydrogen) atoms. The molecule has 0 aromatic heterocycles. The highest BCUT2D eigenvalue weighted by atomic mass is 19.4. The molecule has 0 aliphatic heterocycles. The highest BCUT2D eigenvalue weighted by Gasteiger charge is 2.33. The molecule has 0 fully saturated rings. The highest BCUT2D eigenvalue weighted by Crippen LogP contribution is 2.37. The Labute approximate surface area is 158 Å². The van der Waals surface area contributed by atoms with E-state index in [1.54, 1.807) is 36.4 Å². The smallest absolute Gasteiger partial charge is 0.166 e. The summed E-state index contributed by atoms with van der Waals surface area (Å²) in [5, 5.41) is 0. The van der Waals surface area contributed by atoms with Crippen LogP contribution in [0.1, 0.15) is 22.3 Å². The molecule has 0 aliphatic carbocycles. The van der Waals surface area contributed by atoms with Gasteiger partial charge in [0.05, 0.1) is 11.1 Å². The van der Waals surface area contributed by atoms with Gasteiger partial charge in [-0.25, -0.2) is 0 Å². The van der Waals surface area contributed by atoms with Gasteiger partial charge >= 0.3 is 12.4 Å². The first-order valence-electron chi connectivity index (χ1n) is 8.43. The summed E-state index contributed by atoms with van der Waals surface area (Å²) in [4.78, 5) is 0. The average Bonchev–Trinajstić information content (AvgIpc) is 2.61. The van der Waals surface area contributed by atoms with Gasteiger partial charge in [0.25, 0.3) is 0 Å². The maximum Gasteiger partial charge on any atom is 0.416 e. The third-order valence-corrected chi connectivity index (χ3v) is 4.64. The van der Waals surface area contributed by atoms with Crippen molar-refractivity contribution >= 4 is 0 Å². The van der Waals surface area contributed by atoms with Crippen LogP contribution >= 0.6 is 0 Å². The quantitative estimate of drug-likeness (QED) is 0.391. The molecule has 0 N–H and O–H groups in total. The van der Waals surface area contributed by atoms with Crippen LogP contribution in [-0.2, 0) is 12.4 Å². The fourth-order valence-corrected chi connectivity index (χ4v) is 3.07. The molecule has 3 aromatic rings. The lowest BCUT2D eigenvalue weighted by Gasteiger charge is -2.14. The summed E-state index contributed by atoms with van der Waals surface area (Å²) < 4.78 is 78.6. The molecular formula is C22H16F6. The monoisotopic (exact) mass is 394 g/mol. The summed E-state index contributed by atoms with van der Waals surface area (Å²) in [6.07, 6.45) is -8.90. The molecule has 0 nitrogen and oxygen atoms in total. The van der Waals surface area contributed by atoms with Gasteiger partial charge in [-0.15, -0.1) is 0 Å². The fourth-order valence-electron chi connectivity index (χ4n) is 3.07. The van der Waals surface area contributed by atoms with Gasteiger partial charge in [-0.2, -0.15) is 26.3 Å². The van der Waals surface area contributed by atoms with Crippen LogP contribution in [0.5, 0.6) is 0 Å². The van der Waals surface area contributed by atoms with Crippen molar-refractivity contribution in [3.8, 4) is 22.3 Å². The van der Waals surface area contributed by atoms with E-state index in [0.29, 0.717) is 22.3 Å². The van der Waals surface area contributed by atoms with E-state index < -0.39 is 23.5 Å². The average molecular weight is 394 g/mol. The van der Waals surface area contributed by atoms with Crippen LogP contribution in [0, 0.1) is 13.8 Å². The van der Waals surface area contributed by atoms with E-state index >= 15 is 0 Å². The molecule has 0 radical (unpaired) electrons. The van der Waals surface area contributed by atoms with Gasteiger partial charge in [0, 0.05) is 0 Å². The number of halogens is 6. The number of benzene rings is 3. The molecule has 3 rings (SSSR count). The summed E-state index contributed by atoms with van der Waals surface area (Å²) in [7, 11) is 0. The molecule has 0 spiro atoms. The Kier molecular flexibility index (Phi) is 5.00. The van der Waals surface area contributed by atoms with E-state index in [1.165, 1.54) is 26.0 Å². The molecule has 0 saturated carbocycles. The minimum Gasteiger partial charge on any atom is -0.166 e. The molecule has 0 heterocycles. The van der Waals surface area contributed by atoms with Crippen molar-refractivity contribution in [1.29, 1.82) is 0 Å². The van der Waals surface area contributed by atoms with Gasteiger partial charge in [-0.1, -0.05) is 48.5 Å². The predicted octanol–water partition coefficient (Wildman–Crippen LogP) is 7.68. The molecule has 0 unspecified atom stereocenters. The standard InChI is InChI=1S/C22H16F6/c1-13-3-5-17(11-19(13)21(23,24)25)15-7-9-16(10-8-15)18-6-4-14(2)20(12-18)22(26,27)28/h3-12H,1-2H3. The first-order valence-corrected chi connectivity index (χ1v) is 8.43. The number of hydrogen-bond donors (Lipinski definition) is 0. The van der Waals surface area contributed by atoms with E-state index in [4.69, 9.17) is 0 Å². The molecule has 6 heteroatoms. The first-order chi connectivity index (χ1) is 13.0. The normalized spacial score (nSPS) is 12.3. The Hall–Kier alpha value is -2.76. The van der Waals surface area contributed by atoms with Crippen molar-refractivity contribution in [2.75, 3.05) is 0 Å². The van der Waals surface area contributed by atoms with Crippen LogP contribution in [0.2, 0.25) is 0 Å². The lowest BCUT2D eigenvalue weighted by Crippen LogP contribution is -2.07. The number of rotatable bonds is 2. The van der Waals surface area contributed by atoms with Crippen molar-refractivity contribution in [2.45, 2.75) is 26.2 Å². The summed E-state index contributed by atoms with van der Waals surface area (Å²) in [5.41, 5.74) is 0.743. The molecular weight excluding hydrogens is 378 g/mol. The predicted molar refractivity (Wildman–Crippen MR) is 96.8 cm³/mol. The third-order valence-electron chi connectivity index (χ3n) is 4.64. The Morgan fingerprint density at radius 2 is 0.750 bits per heavy atom. The Morgan fingerprint density at radius 1 is 0.464 bits per heavy atom. The van der Waals surface area contributed by atoms with Crippen LogP contribution < -0.4 is 0 Å². The Morgan fingerprint density at radius 3 is 1.04 bits per heavy atom. The van der Waals surface area contributed by atoms with Gasteiger partial charge in [0.15, 0.2) is 0 Å².